The van der Waals surface area contributed by atoms with E-state index in [1.165, 1.54) is 29.9 Å². The molecule has 0 fully saturated rings. The summed E-state index contributed by atoms with van der Waals surface area (Å²) in [6, 6.07) is 4.88. The Labute approximate surface area is 170 Å². The van der Waals surface area contributed by atoms with Gasteiger partial charge in [0.05, 0.1) is 0 Å². The van der Waals surface area contributed by atoms with Crippen LogP contribution >= 0.6 is 35.7 Å². The number of aromatic amines is 1. The summed E-state index contributed by atoms with van der Waals surface area (Å²) in [4.78, 5) is 7.74. The summed E-state index contributed by atoms with van der Waals surface area (Å²) in [6.07, 6.45) is 7.27. The molecule has 0 radical (unpaired) electrons. The van der Waals surface area contributed by atoms with E-state index in [4.69, 9.17) is 0 Å². The highest BCUT2D eigenvalue weighted by Crippen LogP contribution is 2.19. The minimum atomic E-state index is -0.211. The SMILES string of the molecule is CCNC(=NCCCCSC)NCCc1c[nH]c2cc(F)ccc12.I. The second-order valence-electron chi connectivity index (χ2n) is 5.64. The fourth-order valence-electron chi connectivity index (χ4n) is 2.57. The monoisotopic (exact) mass is 478 g/mol. The predicted octanol–water partition coefficient (Wildman–Crippen LogP) is 4.17. The first-order valence-corrected chi connectivity index (χ1v) is 9.90. The fourth-order valence-corrected chi connectivity index (χ4v) is 3.06. The molecule has 0 aliphatic heterocycles. The molecule has 1 aromatic carbocycles. The van der Waals surface area contributed by atoms with Crippen molar-refractivity contribution in [2.75, 3.05) is 31.6 Å². The van der Waals surface area contributed by atoms with E-state index >= 15 is 0 Å². The summed E-state index contributed by atoms with van der Waals surface area (Å²) in [6.45, 7) is 4.56. The number of benzene rings is 1. The molecular weight excluding hydrogens is 450 g/mol. The number of fused-ring (bicyclic) bond motifs is 1. The van der Waals surface area contributed by atoms with Gasteiger partial charge < -0.3 is 15.6 Å². The normalized spacial score (nSPS) is 11.4. The van der Waals surface area contributed by atoms with Gasteiger partial charge in [0.25, 0.3) is 0 Å². The van der Waals surface area contributed by atoms with Crippen LogP contribution < -0.4 is 10.6 Å². The zero-order valence-electron chi connectivity index (χ0n) is 14.9. The molecule has 1 heterocycles. The Morgan fingerprint density at radius 2 is 2.12 bits per heavy atom. The maximum absolute atomic E-state index is 13.2. The third-order valence-electron chi connectivity index (χ3n) is 3.79. The quantitative estimate of drug-likeness (QED) is 0.220. The van der Waals surface area contributed by atoms with Crippen LogP contribution in [-0.2, 0) is 6.42 Å². The molecule has 0 amide bonds. The average Bonchev–Trinajstić information content (AvgIpc) is 2.96. The first kappa shape index (κ1) is 22.1. The van der Waals surface area contributed by atoms with E-state index in [0.29, 0.717) is 0 Å². The molecular formula is C18H28FIN4S. The van der Waals surface area contributed by atoms with E-state index in [-0.39, 0.29) is 29.8 Å². The Hall–Kier alpha value is -0.960. The molecule has 0 aliphatic rings. The molecule has 0 unspecified atom stereocenters. The third-order valence-corrected chi connectivity index (χ3v) is 4.48. The van der Waals surface area contributed by atoms with Crippen molar-refractivity contribution in [3.05, 3.63) is 35.8 Å². The lowest BCUT2D eigenvalue weighted by Crippen LogP contribution is -2.38. The van der Waals surface area contributed by atoms with Crippen molar-refractivity contribution in [1.29, 1.82) is 0 Å². The van der Waals surface area contributed by atoms with Gasteiger partial charge in [-0.15, -0.1) is 24.0 Å². The molecule has 0 aliphatic carbocycles. The minimum Gasteiger partial charge on any atom is -0.361 e. The number of unbranched alkanes of at least 4 members (excludes halogenated alkanes) is 1. The number of guanidine groups is 1. The molecule has 3 N–H and O–H groups in total. The van der Waals surface area contributed by atoms with Gasteiger partial charge in [-0.1, -0.05) is 0 Å². The molecule has 0 saturated heterocycles. The molecule has 0 saturated carbocycles. The van der Waals surface area contributed by atoms with Crippen molar-refractivity contribution >= 4 is 52.6 Å². The molecule has 140 valence electrons. The van der Waals surface area contributed by atoms with Crippen LogP contribution in [0.3, 0.4) is 0 Å². The van der Waals surface area contributed by atoms with Crippen LogP contribution in [0, 0.1) is 5.82 Å². The van der Waals surface area contributed by atoms with Gasteiger partial charge in [-0.2, -0.15) is 11.8 Å². The van der Waals surface area contributed by atoms with Gasteiger partial charge in [0, 0.05) is 36.7 Å². The Kier molecular flexibility index (Phi) is 11.0. The van der Waals surface area contributed by atoms with Gasteiger partial charge in [-0.05, 0) is 62.0 Å². The van der Waals surface area contributed by atoms with Crippen LogP contribution in [0.25, 0.3) is 10.9 Å². The number of hydrogen-bond donors (Lipinski definition) is 3. The van der Waals surface area contributed by atoms with Crippen molar-refractivity contribution in [2.45, 2.75) is 26.2 Å². The van der Waals surface area contributed by atoms with Crippen molar-refractivity contribution in [2.24, 2.45) is 4.99 Å². The van der Waals surface area contributed by atoms with Crippen LogP contribution in [0.5, 0.6) is 0 Å². The first-order valence-electron chi connectivity index (χ1n) is 8.51. The standard InChI is InChI=1S/C18H27FN4S.HI/c1-3-20-18(21-9-4-5-11-24-2)22-10-8-14-13-23-17-12-15(19)6-7-16(14)17;/h6-7,12-13,23H,3-5,8-11H2,1-2H3,(H2,20,21,22);1H. The molecule has 7 heteroatoms. The number of nitrogens with zero attached hydrogens (tertiary/aromatic N) is 1. The zero-order chi connectivity index (χ0) is 17.2. The number of hydrogen-bond acceptors (Lipinski definition) is 2. The fraction of sp³-hybridized carbons (Fsp3) is 0.500. The van der Waals surface area contributed by atoms with Gasteiger partial charge in [-0.25, -0.2) is 4.39 Å². The second kappa shape index (κ2) is 12.4. The number of thioether (sulfide) groups is 1. The molecule has 2 rings (SSSR count). The maximum Gasteiger partial charge on any atom is 0.191 e. The smallest absolute Gasteiger partial charge is 0.191 e. The minimum absolute atomic E-state index is 0. The number of H-pyrrole nitrogens is 1. The van der Waals surface area contributed by atoms with Gasteiger partial charge in [0.15, 0.2) is 5.96 Å². The van der Waals surface area contributed by atoms with E-state index in [1.807, 2.05) is 24.0 Å². The molecule has 2 aromatic rings. The topological polar surface area (TPSA) is 52.2 Å². The number of rotatable bonds is 9. The highest BCUT2D eigenvalue weighted by molar-refractivity contribution is 14.0. The van der Waals surface area contributed by atoms with E-state index in [1.54, 1.807) is 0 Å². The summed E-state index contributed by atoms with van der Waals surface area (Å²) >= 11 is 1.88. The highest BCUT2D eigenvalue weighted by Gasteiger charge is 2.05. The average molecular weight is 478 g/mol. The summed E-state index contributed by atoms with van der Waals surface area (Å²) in [7, 11) is 0. The van der Waals surface area contributed by atoms with Crippen LogP contribution in [0.4, 0.5) is 4.39 Å². The molecule has 0 bridgehead atoms. The van der Waals surface area contributed by atoms with Crippen LogP contribution in [0.15, 0.2) is 29.4 Å². The second-order valence-corrected chi connectivity index (χ2v) is 6.63. The molecule has 0 spiro atoms. The van der Waals surface area contributed by atoms with Crippen molar-refractivity contribution in [3.63, 3.8) is 0 Å². The summed E-state index contributed by atoms with van der Waals surface area (Å²) in [5.74, 6) is 1.85. The maximum atomic E-state index is 13.2. The largest absolute Gasteiger partial charge is 0.361 e. The highest BCUT2D eigenvalue weighted by atomic mass is 127. The van der Waals surface area contributed by atoms with Crippen LogP contribution in [0.2, 0.25) is 0 Å². The van der Waals surface area contributed by atoms with Gasteiger partial charge in [0.1, 0.15) is 5.82 Å². The molecule has 1 aromatic heterocycles. The van der Waals surface area contributed by atoms with E-state index in [2.05, 4.69) is 33.8 Å². The van der Waals surface area contributed by atoms with Gasteiger partial charge in [-0.3, -0.25) is 4.99 Å². The van der Waals surface area contributed by atoms with Crippen LogP contribution in [-0.4, -0.2) is 42.6 Å². The zero-order valence-corrected chi connectivity index (χ0v) is 18.0. The molecule has 4 nitrogen and oxygen atoms in total. The number of nitrogens with one attached hydrogen (secondary N) is 3. The first-order chi connectivity index (χ1) is 11.7. The van der Waals surface area contributed by atoms with Crippen LogP contribution in [0.1, 0.15) is 25.3 Å². The number of halogens is 2. The lowest BCUT2D eigenvalue weighted by molar-refractivity contribution is 0.629. The summed E-state index contributed by atoms with van der Waals surface area (Å²) in [5.41, 5.74) is 2.03. The Morgan fingerprint density at radius 3 is 2.88 bits per heavy atom. The van der Waals surface area contributed by atoms with E-state index < -0.39 is 0 Å². The van der Waals surface area contributed by atoms with Gasteiger partial charge >= 0.3 is 0 Å². The van der Waals surface area contributed by atoms with Crippen molar-refractivity contribution < 1.29 is 4.39 Å². The van der Waals surface area contributed by atoms with E-state index in [0.717, 1.165) is 49.3 Å². The Balaban J connectivity index is 0.00000312. The van der Waals surface area contributed by atoms with Crippen molar-refractivity contribution in [3.8, 4) is 0 Å². The van der Waals surface area contributed by atoms with E-state index in [9.17, 15) is 4.39 Å². The lowest BCUT2D eigenvalue weighted by atomic mass is 10.1. The van der Waals surface area contributed by atoms with Crippen molar-refractivity contribution in [1.82, 2.24) is 15.6 Å². The summed E-state index contributed by atoms with van der Waals surface area (Å²) in [5, 5.41) is 7.73. The van der Waals surface area contributed by atoms with Gasteiger partial charge in [0.2, 0.25) is 0 Å². The number of aromatic nitrogens is 1. The third kappa shape index (κ3) is 7.43. The summed E-state index contributed by atoms with van der Waals surface area (Å²) < 4.78 is 13.2. The predicted molar refractivity (Wildman–Crippen MR) is 119 cm³/mol. The Morgan fingerprint density at radius 1 is 1.28 bits per heavy atom. The Bertz CT molecular complexity index is 660. The molecule has 0 atom stereocenters. The lowest BCUT2D eigenvalue weighted by Gasteiger charge is -2.11. The molecule has 25 heavy (non-hydrogen) atoms. The number of aliphatic imine (C=N–C) groups is 1.